The average Bonchev–Trinajstić information content (AvgIpc) is 2.71. The Bertz CT molecular complexity index is 800. The number of rotatable bonds is 7. The van der Waals surface area contributed by atoms with Gasteiger partial charge in [0, 0.05) is 31.5 Å². The third-order valence-corrected chi connectivity index (χ3v) is 4.73. The van der Waals surface area contributed by atoms with Crippen molar-refractivity contribution in [1.82, 2.24) is 4.90 Å². The fourth-order valence-corrected chi connectivity index (χ4v) is 3.32. The van der Waals surface area contributed by atoms with Crippen molar-refractivity contribution in [3.63, 3.8) is 0 Å². The highest BCUT2D eigenvalue weighted by Gasteiger charge is 2.23. The number of morpholine rings is 1. The molecule has 0 aliphatic carbocycles. The number of guanidine groups is 1. The number of hydrogen-bond donors (Lipinski definition) is 2. The van der Waals surface area contributed by atoms with E-state index in [0.717, 1.165) is 29.9 Å². The summed E-state index contributed by atoms with van der Waals surface area (Å²) in [5.74, 6) is 0.0672. The zero-order valence-electron chi connectivity index (χ0n) is 16.5. The van der Waals surface area contributed by atoms with Crippen LogP contribution in [0.2, 0.25) is 0 Å². The van der Waals surface area contributed by atoms with Crippen molar-refractivity contribution in [2.24, 2.45) is 10.7 Å². The second kappa shape index (κ2) is 12.1. The number of anilines is 1. The van der Waals surface area contributed by atoms with Crippen molar-refractivity contribution in [3.8, 4) is 0 Å². The van der Waals surface area contributed by atoms with Crippen LogP contribution in [0.15, 0.2) is 53.5 Å². The maximum atomic E-state index is 13.8. The van der Waals surface area contributed by atoms with Crippen LogP contribution in [0.3, 0.4) is 0 Å². The van der Waals surface area contributed by atoms with Gasteiger partial charge in [0.25, 0.3) is 0 Å². The van der Waals surface area contributed by atoms with Crippen LogP contribution in [0.1, 0.15) is 17.2 Å². The van der Waals surface area contributed by atoms with E-state index in [4.69, 9.17) is 15.2 Å². The molecule has 3 rings (SSSR count). The Morgan fingerprint density at radius 3 is 2.72 bits per heavy atom. The molecule has 8 heteroatoms. The van der Waals surface area contributed by atoms with Crippen molar-refractivity contribution < 1.29 is 13.9 Å². The molecular weight excluding hydrogens is 486 g/mol. The van der Waals surface area contributed by atoms with Gasteiger partial charge in [-0.3, -0.25) is 9.89 Å². The number of hydrogen-bond acceptors (Lipinski definition) is 4. The topological polar surface area (TPSA) is 72.1 Å². The summed E-state index contributed by atoms with van der Waals surface area (Å²) in [4.78, 5) is 6.80. The summed E-state index contributed by atoms with van der Waals surface area (Å²) >= 11 is 0. The van der Waals surface area contributed by atoms with Gasteiger partial charge in [-0.15, -0.1) is 24.0 Å². The van der Waals surface area contributed by atoms with Crippen LogP contribution in [-0.4, -0.2) is 50.8 Å². The summed E-state index contributed by atoms with van der Waals surface area (Å²) in [6.45, 7) is 3.79. The first-order valence-corrected chi connectivity index (χ1v) is 9.38. The molecule has 158 valence electrons. The van der Waals surface area contributed by atoms with E-state index in [1.165, 1.54) is 6.07 Å². The summed E-state index contributed by atoms with van der Waals surface area (Å²) in [7, 11) is 1.65. The highest BCUT2D eigenvalue weighted by Crippen LogP contribution is 2.23. The van der Waals surface area contributed by atoms with Crippen molar-refractivity contribution in [2.75, 3.05) is 45.3 Å². The number of aliphatic imine (C=N–C) groups is 1. The summed E-state index contributed by atoms with van der Waals surface area (Å²) in [6, 6.07) is 14.4. The zero-order chi connectivity index (χ0) is 19.8. The van der Waals surface area contributed by atoms with Crippen LogP contribution in [0, 0.1) is 5.82 Å². The molecule has 0 aromatic heterocycles. The summed E-state index contributed by atoms with van der Waals surface area (Å²) in [6.07, 6.45) is 0. The zero-order valence-corrected chi connectivity index (χ0v) is 18.8. The smallest absolute Gasteiger partial charge is 0.193 e. The first-order chi connectivity index (χ1) is 13.7. The van der Waals surface area contributed by atoms with Crippen molar-refractivity contribution in [2.45, 2.75) is 12.6 Å². The molecule has 1 aliphatic rings. The van der Waals surface area contributed by atoms with Gasteiger partial charge in [0.15, 0.2) is 5.96 Å². The quantitative estimate of drug-likeness (QED) is 0.337. The molecule has 0 bridgehead atoms. The van der Waals surface area contributed by atoms with Gasteiger partial charge in [-0.1, -0.05) is 30.3 Å². The average molecular weight is 514 g/mol. The number of benzene rings is 2. The van der Waals surface area contributed by atoms with E-state index in [1.54, 1.807) is 19.2 Å². The normalized spacial score (nSPS) is 16.1. The minimum Gasteiger partial charge on any atom is -0.380 e. The molecule has 1 aliphatic heterocycles. The summed E-state index contributed by atoms with van der Waals surface area (Å²) in [5.41, 5.74) is 8.88. The monoisotopic (exact) mass is 514 g/mol. The molecule has 0 amide bonds. The molecular formula is C21H28FIN4O2. The maximum absolute atomic E-state index is 13.8. The Morgan fingerprint density at radius 1 is 1.24 bits per heavy atom. The van der Waals surface area contributed by atoms with Gasteiger partial charge in [-0.05, 0) is 23.8 Å². The third kappa shape index (κ3) is 6.91. The van der Waals surface area contributed by atoms with Gasteiger partial charge in [0.2, 0.25) is 0 Å². The van der Waals surface area contributed by atoms with Crippen LogP contribution in [0.5, 0.6) is 0 Å². The molecule has 1 saturated heterocycles. The molecule has 1 atom stereocenters. The van der Waals surface area contributed by atoms with Crippen LogP contribution in [0.25, 0.3) is 0 Å². The molecule has 3 N–H and O–H groups in total. The Labute approximate surface area is 188 Å². The van der Waals surface area contributed by atoms with E-state index in [0.29, 0.717) is 32.3 Å². The van der Waals surface area contributed by atoms with E-state index < -0.39 is 0 Å². The first kappa shape index (κ1) is 23.5. The van der Waals surface area contributed by atoms with E-state index in [9.17, 15) is 4.39 Å². The summed E-state index contributed by atoms with van der Waals surface area (Å²) < 4.78 is 24.4. The molecule has 1 unspecified atom stereocenters. The number of ether oxygens (including phenoxy) is 2. The Balaban J connectivity index is 0.00000300. The highest BCUT2D eigenvalue weighted by atomic mass is 127. The SMILES string of the molecule is COCc1ccccc1NC(N)=NCC(c1cccc(F)c1)N1CCOCC1.I. The number of methoxy groups -OCH3 is 1. The number of nitrogens with one attached hydrogen (secondary N) is 1. The number of nitrogens with two attached hydrogens (primary N) is 1. The lowest BCUT2D eigenvalue weighted by Crippen LogP contribution is -2.40. The lowest BCUT2D eigenvalue weighted by molar-refractivity contribution is 0.0179. The van der Waals surface area contributed by atoms with Gasteiger partial charge >= 0.3 is 0 Å². The molecule has 0 radical (unpaired) electrons. The van der Waals surface area contributed by atoms with Crippen molar-refractivity contribution in [3.05, 3.63) is 65.5 Å². The number of nitrogens with zero attached hydrogens (tertiary/aromatic N) is 2. The van der Waals surface area contributed by atoms with Gasteiger partial charge in [0.1, 0.15) is 5.82 Å². The van der Waals surface area contributed by atoms with Gasteiger partial charge in [0.05, 0.1) is 32.4 Å². The van der Waals surface area contributed by atoms with Crippen molar-refractivity contribution >= 4 is 35.6 Å². The molecule has 0 spiro atoms. The van der Waals surface area contributed by atoms with Crippen LogP contribution >= 0.6 is 24.0 Å². The van der Waals surface area contributed by atoms with Gasteiger partial charge in [-0.25, -0.2) is 4.39 Å². The Morgan fingerprint density at radius 2 is 2.00 bits per heavy atom. The van der Waals surface area contributed by atoms with E-state index in [1.807, 2.05) is 30.3 Å². The second-order valence-electron chi connectivity index (χ2n) is 6.66. The fourth-order valence-electron chi connectivity index (χ4n) is 3.32. The second-order valence-corrected chi connectivity index (χ2v) is 6.66. The van der Waals surface area contributed by atoms with E-state index >= 15 is 0 Å². The van der Waals surface area contributed by atoms with Crippen LogP contribution < -0.4 is 11.1 Å². The molecule has 6 nitrogen and oxygen atoms in total. The molecule has 1 heterocycles. The number of para-hydroxylation sites is 1. The maximum Gasteiger partial charge on any atom is 0.193 e. The molecule has 29 heavy (non-hydrogen) atoms. The predicted molar refractivity (Wildman–Crippen MR) is 124 cm³/mol. The third-order valence-electron chi connectivity index (χ3n) is 4.73. The minimum absolute atomic E-state index is 0. The van der Waals surface area contributed by atoms with E-state index in [-0.39, 0.29) is 35.8 Å². The summed E-state index contributed by atoms with van der Waals surface area (Å²) in [5, 5.41) is 3.15. The minimum atomic E-state index is -0.251. The fraction of sp³-hybridized carbons (Fsp3) is 0.381. The van der Waals surface area contributed by atoms with E-state index in [2.05, 4.69) is 15.2 Å². The standard InChI is InChI=1S/C21H27FN4O2.HI/c1-27-15-17-5-2-3-8-19(17)25-21(23)24-14-20(26-9-11-28-12-10-26)16-6-4-7-18(22)13-16;/h2-8,13,20H,9-12,14-15H2,1H3,(H3,23,24,25);1H. The predicted octanol–water partition coefficient (Wildman–Crippen LogP) is 3.39. The van der Waals surface area contributed by atoms with Gasteiger partial charge < -0.3 is 20.5 Å². The molecule has 0 saturated carbocycles. The Hall–Kier alpha value is -1.75. The highest BCUT2D eigenvalue weighted by molar-refractivity contribution is 14.0. The Kier molecular flexibility index (Phi) is 9.79. The molecule has 2 aromatic carbocycles. The largest absolute Gasteiger partial charge is 0.380 e. The molecule has 1 fully saturated rings. The van der Waals surface area contributed by atoms with Crippen molar-refractivity contribution in [1.29, 1.82) is 0 Å². The lowest BCUT2D eigenvalue weighted by atomic mass is 10.0. The lowest BCUT2D eigenvalue weighted by Gasteiger charge is -2.34. The van der Waals surface area contributed by atoms with Gasteiger partial charge in [-0.2, -0.15) is 0 Å². The van der Waals surface area contributed by atoms with Crippen LogP contribution in [0.4, 0.5) is 10.1 Å². The van der Waals surface area contributed by atoms with Crippen LogP contribution in [-0.2, 0) is 16.1 Å². The first-order valence-electron chi connectivity index (χ1n) is 9.38. The molecule has 2 aromatic rings. The number of halogens is 2.